The van der Waals surface area contributed by atoms with Gasteiger partial charge in [-0.1, -0.05) is 30.3 Å². The van der Waals surface area contributed by atoms with E-state index in [1.54, 1.807) is 6.20 Å². The Labute approximate surface area is 251 Å². The van der Waals surface area contributed by atoms with Crippen LogP contribution in [0.1, 0.15) is 22.3 Å². The first-order chi connectivity index (χ1) is 20.9. The minimum Gasteiger partial charge on any atom is -0.490 e. The lowest BCUT2D eigenvalue weighted by molar-refractivity contribution is -0.193. The number of carbonyl (C=O) groups is 4. The molecule has 0 aliphatic heterocycles. The lowest BCUT2D eigenvalue weighted by atomic mass is 9.82. The first kappa shape index (κ1) is 36.3. The van der Waals surface area contributed by atoms with Gasteiger partial charge >= 0.3 is 24.3 Å². The van der Waals surface area contributed by atoms with Crippen LogP contribution in [0.3, 0.4) is 0 Å². The third-order valence-electron chi connectivity index (χ3n) is 5.94. The number of aromatic amines is 1. The molecule has 1 aliphatic rings. The van der Waals surface area contributed by atoms with Gasteiger partial charge in [-0.3, -0.25) is 14.7 Å². The normalized spacial score (nSPS) is 14.2. The molecule has 4 N–H and O–H groups in total. The molecule has 1 unspecified atom stereocenters. The van der Waals surface area contributed by atoms with Crippen LogP contribution < -0.4 is 10.1 Å². The molecule has 1 atom stereocenters. The Bertz CT molecular complexity index is 1450. The molecule has 3 aromatic rings. The van der Waals surface area contributed by atoms with Gasteiger partial charge in [0.25, 0.3) is 0 Å². The maximum Gasteiger partial charge on any atom is 0.490 e. The van der Waals surface area contributed by atoms with E-state index in [0.29, 0.717) is 24.5 Å². The standard InChI is InChI=1S/C24H26N4O3.2C2HF3O2/c1-28(2)9-10-31-23-13-16(19-14-25-26-15-19)7-8-21(23)27-24(30)18-11-17-5-3-4-6-20(17)22(29)12-18;2*3-2(4,5)1(6)7/h3-8,13-15,18H,9-12H2,1-2H3,(H,25,26)(H,27,30);2*(H,6,7). The number of benzene rings is 2. The maximum absolute atomic E-state index is 13.0. The number of aliphatic carboxylic acids is 2. The van der Waals surface area contributed by atoms with Crippen LogP contribution in [0.15, 0.2) is 54.9 Å². The zero-order valence-corrected chi connectivity index (χ0v) is 23.7. The number of alkyl halides is 6. The summed E-state index contributed by atoms with van der Waals surface area (Å²) < 4.78 is 69.5. The summed E-state index contributed by atoms with van der Waals surface area (Å²) in [6.45, 7) is 1.23. The van der Waals surface area contributed by atoms with Crippen molar-refractivity contribution in [1.82, 2.24) is 15.1 Å². The minimum atomic E-state index is -5.08. The number of ketones is 1. The van der Waals surface area contributed by atoms with Crippen LogP contribution in [-0.2, 0) is 20.8 Å². The number of nitrogens with one attached hydrogen (secondary N) is 2. The number of anilines is 1. The zero-order valence-electron chi connectivity index (χ0n) is 23.7. The highest BCUT2D eigenvalue weighted by Crippen LogP contribution is 2.32. The molecule has 0 spiro atoms. The maximum atomic E-state index is 13.0. The number of aromatic nitrogens is 2. The van der Waals surface area contributed by atoms with Crippen LogP contribution in [0.4, 0.5) is 32.0 Å². The van der Waals surface area contributed by atoms with Gasteiger partial charge < -0.3 is 25.2 Å². The smallest absolute Gasteiger partial charge is 0.490 e. The summed E-state index contributed by atoms with van der Waals surface area (Å²) in [7, 11) is 3.96. The third kappa shape index (κ3) is 11.6. The van der Waals surface area contributed by atoms with Crippen LogP contribution in [-0.4, -0.2) is 88.5 Å². The van der Waals surface area contributed by atoms with E-state index in [-0.39, 0.29) is 18.1 Å². The van der Waals surface area contributed by atoms with Gasteiger partial charge in [-0.25, -0.2) is 9.59 Å². The molecular weight excluding hydrogens is 618 g/mol. The van der Waals surface area contributed by atoms with Crippen LogP contribution in [0.25, 0.3) is 11.1 Å². The van der Waals surface area contributed by atoms with Gasteiger partial charge in [-0.2, -0.15) is 31.4 Å². The van der Waals surface area contributed by atoms with Gasteiger partial charge in [-0.05, 0) is 43.8 Å². The lowest BCUT2D eigenvalue weighted by Gasteiger charge is -2.23. The van der Waals surface area contributed by atoms with Gasteiger partial charge in [-0.15, -0.1) is 0 Å². The topological polar surface area (TPSA) is 162 Å². The van der Waals surface area contributed by atoms with Crippen molar-refractivity contribution >= 4 is 29.3 Å². The summed E-state index contributed by atoms with van der Waals surface area (Å²) in [5.41, 5.74) is 4.13. The lowest BCUT2D eigenvalue weighted by Crippen LogP contribution is -2.31. The molecule has 11 nitrogen and oxygen atoms in total. The average Bonchev–Trinajstić information content (AvgIpc) is 3.48. The largest absolute Gasteiger partial charge is 0.490 e. The second-order valence-corrected chi connectivity index (χ2v) is 9.63. The van der Waals surface area contributed by atoms with Crippen molar-refractivity contribution in [3.63, 3.8) is 0 Å². The number of amides is 1. The fourth-order valence-electron chi connectivity index (χ4n) is 3.73. The van der Waals surface area contributed by atoms with E-state index in [4.69, 9.17) is 24.5 Å². The fourth-order valence-corrected chi connectivity index (χ4v) is 3.73. The van der Waals surface area contributed by atoms with E-state index in [2.05, 4.69) is 15.5 Å². The Balaban J connectivity index is 0.000000421. The SMILES string of the molecule is CN(C)CCOc1cc(-c2cn[nH]c2)ccc1NC(=O)C1CC(=O)c2ccccc2C1.O=C(O)C(F)(F)F.O=C(O)C(F)(F)F. The van der Waals surface area contributed by atoms with E-state index >= 15 is 0 Å². The Morgan fingerprint density at radius 3 is 2.11 bits per heavy atom. The molecular formula is C28H28F6N4O7. The number of hydrogen-bond acceptors (Lipinski definition) is 7. The number of nitrogens with zero attached hydrogens (tertiary/aromatic N) is 2. The van der Waals surface area contributed by atoms with E-state index in [1.807, 2.05) is 67.7 Å². The number of hydrogen-bond donors (Lipinski definition) is 4. The molecule has 2 aromatic carbocycles. The van der Waals surface area contributed by atoms with Gasteiger partial charge in [0.1, 0.15) is 12.4 Å². The Morgan fingerprint density at radius 1 is 0.978 bits per heavy atom. The highest BCUT2D eigenvalue weighted by atomic mass is 19.4. The summed E-state index contributed by atoms with van der Waals surface area (Å²) in [6, 6.07) is 13.2. The molecule has 244 valence electrons. The molecule has 0 bridgehead atoms. The second kappa shape index (κ2) is 15.7. The molecule has 1 aliphatic carbocycles. The summed E-state index contributed by atoms with van der Waals surface area (Å²) in [5.74, 6) is -5.47. The number of halogens is 6. The number of carboxylic acid groups (broad SMARTS) is 2. The summed E-state index contributed by atoms with van der Waals surface area (Å²) >= 11 is 0. The minimum absolute atomic E-state index is 0.0137. The second-order valence-electron chi connectivity index (χ2n) is 9.63. The van der Waals surface area contributed by atoms with Crippen molar-refractivity contribution in [3.05, 3.63) is 66.0 Å². The highest BCUT2D eigenvalue weighted by Gasteiger charge is 2.39. The van der Waals surface area contributed by atoms with Crippen molar-refractivity contribution in [2.45, 2.75) is 25.2 Å². The van der Waals surface area contributed by atoms with Crippen molar-refractivity contribution < 1.29 is 60.5 Å². The van der Waals surface area contributed by atoms with E-state index < -0.39 is 30.2 Å². The van der Waals surface area contributed by atoms with E-state index in [1.165, 1.54) is 0 Å². The Hall–Kier alpha value is -4.93. The first-order valence-corrected chi connectivity index (χ1v) is 12.8. The molecule has 0 saturated carbocycles. The van der Waals surface area contributed by atoms with Crippen LogP contribution in [0.2, 0.25) is 0 Å². The molecule has 0 saturated heterocycles. The Morgan fingerprint density at radius 2 is 1.58 bits per heavy atom. The quantitative estimate of drug-likeness (QED) is 0.268. The molecule has 17 heteroatoms. The summed E-state index contributed by atoms with van der Waals surface area (Å²) in [4.78, 5) is 45.3. The van der Waals surface area contributed by atoms with E-state index in [9.17, 15) is 35.9 Å². The summed E-state index contributed by atoms with van der Waals surface area (Å²) in [6.07, 6.45) is -5.85. The summed E-state index contributed by atoms with van der Waals surface area (Å²) in [5, 5.41) is 24.0. The van der Waals surface area contributed by atoms with Crippen LogP contribution in [0.5, 0.6) is 5.75 Å². The van der Waals surface area contributed by atoms with Gasteiger partial charge in [0.15, 0.2) is 5.78 Å². The molecule has 1 amide bonds. The predicted molar refractivity (Wildman–Crippen MR) is 147 cm³/mol. The van der Waals surface area contributed by atoms with Crippen molar-refractivity contribution in [2.75, 3.05) is 32.6 Å². The van der Waals surface area contributed by atoms with Crippen molar-refractivity contribution in [3.8, 4) is 16.9 Å². The fraction of sp³-hybridized carbons (Fsp3) is 0.321. The third-order valence-corrected chi connectivity index (χ3v) is 5.94. The Kier molecular flexibility index (Phi) is 12.6. The molecule has 1 aromatic heterocycles. The monoisotopic (exact) mass is 646 g/mol. The van der Waals surface area contributed by atoms with Gasteiger partial charge in [0.05, 0.1) is 11.9 Å². The molecule has 0 fully saturated rings. The van der Waals surface area contributed by atoms with Crippen molar-refractivity contribution in [1.29, 1.82) is 0 Å². The predicted octanol–water partition coefficient (Wildman–Crippen LogP) is 4.67. The van der Waals surface area contributed by atoms with Crippen LogP contribution >= 0.6 is 0 Å². The molecule has 0 radical (unpaired) electrons. The molecule has 4 rings (SSSR count). The molecule has 1 heterocycles. The highest BCUT2D eigenvalue weighted by molar-refractivity contribution is 6.04. The number of fused-ring (bicyclic) bond motifs is 1. The number of rotatable bonds is 7. The number of Topliss-reactive ketones (excluding diaryl/α,β-unsaturated/α-hetero) is 1. The average molecular weight is 647 g/mol. The first-order valence-electron chi connectivity index (χ1n) is 12.8. The number of carbonyl (C=O) groups excluding carboxylic acids is 2. The molecule has 45 heavy (non-hydrogen) atoms. The number of H-pyrrole nitrogens is 1. The zero-order chi connectivity index (χ0) is 33.9. The number of likely N-dealkylation sites (N-methyl/N-ethyl adjacent to an activating group) is 1. The number of ether oxygens (including phenoxy) is 1. The van der Waals surface area contributed by atoms with Crippen molar-refractivity contribution in [2.24, 2.45) is 5.92 Å². The van der Waals surface area contributed by atoms with E-state index in [0.717, 1.165) is 28.8 Å². The van der Waals surface area contributed by atoms with Gasteiger partial charge in [0.2, 0.25) is 5.91 Å². The van der Waals surface area contributed by atoms with Gasteiger partial charge in [0, 0.05) is 36.2 Å². The van der Waals surface area contributed by atoms with Crippen LogP contribution in [0, 0.1) is 5.92 Å². The number of carboxylic acids is 2.